The Balaban J connectivity index is 1.09. The minimum absolute atomic E-state index is 0.0563. The van der Waals surface area contributed by atoms with E-state index in [-0.39, 0.29) is 46.7 Å². The minimum Gasteiger partial charge on any atom is -0.494 e. The highest BCUT2D eigenvalue weighted by Crippen LogP contribution is 2.74. The maximum atomic E-state index is 14.3. The number of H-pyrrole nitrogens is 1. The summed E-state index contributed by atoms with van der Waals surface area (Å²) in [5, 5.41) is 14.6. The van der Waals surface area contributed by atoms with Gasteiger partial charge < -0.3 is 15.0 Å². The van der Waals surface area contributed by atoms with Crippen LogP contribution in [0.4, 0.5) is 10.2 Å². The Hall–Kier alpha value is -5.20. The van der Waals surface area contributed by atoms with E-state index >= 15 is 0 Å². The molecule has 4 atom stereocenters. The van der Waals surface area contributed by atoms with Gasteiger partial charge in [0.25, 0.3) is 5.91 Å². The number of ether oxygens (including phenoxy) is 1. The van der Waals surface area contributed by atoms with Gasteiger partial charge in [-0.25, -0.2) is 14.4 Å². The molecule has 0 bridgehead atoms. The van der Waals surface area contributed by atoms with Crippen LogP contribution in [0.15, 0.2) is 49.1 Å². The number of nitrogens with zero attached hydrogens (tertiary/aromatic N) is 7. The molecule has 4 aromatic heterocycles. The molecule has 2 aliphatic carbocycles. The zero-order chi connectivity index (χ0) is 29.7. The smallest absolute Gasteiger partial charge is 0.291 e. The second kappa shape index (κ2) is 8.91. The lowest BCUT2D eigenvalue weighted by Crippen LogP contribution is -2.85. The number of anilines is 1. The lowest BCUT2D eigenvalue weighted by atomic mass is 9.37. The van der Waals surface area contributed by atoms with Crippen molar-refractivity contribution in [2.45, 2.75) is 43.7 Å². The van der Waals surface area contributed by atoms with E-state index in [4.69, 9.17) is 9.72 Å². The van der Waals surface area contributed by atoms with Crippen molar-refractivity contribution >= 4 is 23.2 Å². The largest absolute Gasteiger partial charge is 0.494 e. The van der Waals surface area contributed by atoms with Gasteiger partial charge in [-0.2, -0.15) is 14.7 Å². The van der Waals surface area contributed by atoms with Crippen LogP contribution in [-0.4, -0.2) is 77.1 Å². The Kier molecular flexibility index (Phi) is 5.13. The molecule has 1 amide bonds. The summed E-state index contributed by atoms with van der Waals surface area (Å²) < 4.78 is 21.1. The van der Waals surface area contributed by atoms with Crippen molar-refractivity contribution in [3.63, 3.8) is 0 Å². The van der Waals surface area contributed by atoms with Gasteiger partial charge in [-0.3, -0.25) is 19.7 Å². The summed E-state index contributed by atoms with van der Waals surface area (Å²) in [7, 11) is 1.43. The molecule has 1 saturated heterocycles. The van der Waals surface area contributed by atoms with Crippen LogP contribution in [0.25, 0.3) is 28.0 Å². The van der Waals surface area contributed by atoms with Gasteiger partial charge in [-0.1, -0.05) is 6.07 Å². The van der Waals surface area contributed by atoms with E-state index in [1.54, 1.807) is 29.0 Å². The average molecular weight is 592 g/mol. The van der Waals surface area contributed by atoms with Crippen molar-refractivity contribution in [2.75, 3.05) is 19.0 Å². The normalized spacial score (nSPS) is 24.7. The van der Waals surface area contributed by atoms with Gasteiger partial charge in [0.2, 0.25) is 5.82 Å². The maximum Gasteiger partial charge on any atom is 0.291 e. The number of aromatic nitrogens is 7. The average Bonchev–Trinajstić information content (AvgIpc) is 3.70. The Labute approximate surface area is 249 Å². The number of likely N-dealkylation sites (tertiary alicyclic amines) is 1. The summed E-state index contributed by atoms with van der Waals surface area (Å²) in [5.41, 5.74) is 4.79. The zero-order valence-electron chi connectivity index (χ0n) is 23.6. The Bertz CT molecular complexity index is 2000. The summed E-state index contributed by atoms with van der Waals surface area (Å²) >= 11 is 0. The molecular formula is C31H26FN9O3. The molecule has 4 unspecified atom stereocenters. The Morgan fingerprint density at radius 3 is 2.73 bits per heavy atom. The van der Waals surface area contributed by atoms with Crippen LogP contribution >= 0.6 is 0 Å². The lowest BCUT2D eigenvalue weighted by Gasteiger charge is -2.79. The van der Waals surface area contributed by atoms with E-state index in [2.05, 4.69) is 30.6 Å². The molecule has 9 rings (SSSR count). The van der Waals surface area contributed by atoms with Crippen LogP contribution in [0, 0.1) is 11.2 Å². The maximum absolute atomic E-state index is 14.3. The number of ketones is 1. The van der Waals surface area contributed by atoms with E-state index in [1.165, 1.54) is 19.5 Å². The Morgan fingerprint density at radius 1 is 1.14 bits per heavy atom. The summed E-state index contributed by atoms with van der Waals surface area (Å²) in [5.74, 6) is 0.631. The third-order valence-corrected chi connectivity index (χ3v) is 10.2. The van der Waals surface area contributed by atoms with E-state index in [0.717, 1.165) is 36.1 Å². The summed E-state index contributed by atoms with van der Waals surface area (Å²) in [6.07, 6.45) is 7.84. The number of fused-ring (bicyclic) bond motifs is 3. The van der Waals surface area contributed by atoms with Gasteiger partial charge >= 0.3 is 0 Å². The van der Waals surface area contributed by atoms with Crippen molar-refractivity contribution < 1.29 is 18.7 Å². The van der Waals surface area contributed by atoms with Gasteiger partial charge in [-0.05, 0) is 43.5 Å². The molecule has 13 heteroatoms. The molecule has 2 saturated carbocycles. The molecule has 2 N–H and O–H groups in total. The number of pyridine rings is 1. The van der Waals surface area contributed by atoms with Gasteiger partial charge in [0.15, 0.2) is 23.0 Å². The zero-order valence-corrected chi connectivity index (χ0v) is 23.6. The van der Waals surface area contributed by atoms with Gasteiger partial charge in [0.1, 0.15) is 12.1 Å². The van der Waals surface area contributed by atoms with E-state index in [0.29, 0.717) is 41.3 Å². The monoisotopic (exact) mass is 591 g/mol. The molecule has 0 radical (unpaired) electrons. The second-order valence-corrected chi connectivity index (χ2v) is 11.9. The number of aromatic amines is 1. The van der Waals surface area contributed by atoms with Gasteiger partial charge in [0.05, 0.1) is 30.3 Å². The number of piperidine rings is 2. The number of methoxy groups -OCH3 is 1. The number of rotatable bonds is 5. The fourth-order valence-corrected chi connectivity index (χ4v) is 7.99. The molecule has 44 heavy (non-hydrogen) atoms. The van der Waals surface area contributed by atoms with Crippen LogP contribution in [0.2, 0.25) is 0 Å². The SMILES string of the molecule is COc1ccc(-c2ccc(-c3cnn4c5c(c(C6CC7N(C(=O)c8ncn[nH]8)C8CCC687)nc34)C(=O)CCN5)cn2)cc1F. The number of carbonyl (C=O) groups excluding carboxylic acids is 2. The number of hydrogen-bond acceptors (Lipinski definition) is 9. The number of hydrogen-bond donors (Lipinski definition) is 2. The highest BCUT2D eigenvalue weighted by atomic mass is 19.1. The number of halogens is 1. The van der Waals surface area contributed by atoms with E-state index in [1.807, 2.05) is 17.0 Å². The number of nitrogens with one attached hydrogen (secondary N) is 2. The predicted octanol–water partition coefficient (Wildman–Crippen LogP) is 3.88. The number of Topliss-reactive ketones (excluding diaryl/α,β-unsaturated/α-hetero) is 1. The van der Waals surface area contributed by atoms with Crippen molar-refractivity contribution in [3.05, 3.63) is 72.0 Å². The van der Waals surface area contributed by atoms with Crippen molar-refractivity contribution in [2.24, 2.45) is 5.41 Å². The molecule has 1 aromatic carbocycles. The van der Waals surface area contributed by atoms with Crippen molar-refractivity contribution in [1.82, 2.24) is 39.7 Å². The van der Waals surface area contributed by atoms with Gasteiger partial charge in [-0.15, -0.1) is 0 Å². The standard InChI is InChI=1S/C31H26FN9O3/c1-44-22-5-3-15(10-19(22)32)20-4-2-16(12-34-20)17-13-37-41-28(17)38-26(25-21(42)7-9-33-29(25)41)18-11-24-31(18)8-6-23(31)40(24)30(43)27-35-14-36-39-27/h2-5,10,12-14,18,23-24,33H,6-9,11H2,1H3,(H,35,36,39). The summed E-state index contributed by atoms with van der Waals surface area (Å²) in [4.78, 5) is 42.4. The molecule has 5 aromatic rings. The molecule has 3 fully saturated rings. The highest BCUT2D eigenvalue weighted by Gasteiger charge is 2.77. The predicted molar refractivity (Wildman–Crippen MR) is 155 cm³/mol. The molecule has 12 nitrogen and oxygen atoms in total. The van der Waals surface area contributed by atoms with Crippen LogP contribution < -0.4 is 10.1 Å². The van der Waals surface area contributed by atoms with Crippen molar-refractivity contribution in [3.8, 4) is 28.1 Å². The molecule has 2 aliphatic heterocycles. The fraction of sp³-hybridized carbons (Fsp3) is 0.323. The van der Waals surface area contributed by atoms with Crippen molar-refractivity contribution in [1.29, 1.82) is 0 Å². The molecule has 6 heterocycles. The third kappa shape index (κ3) is 3.18. The van der Waals surface area contributed by atoms with Crippen LogP contribution in [0.5, 0.6) is 5.75 Å². The minimum atomic E-state index is -0.453. The topological polar surface area (TPSA) is 143 Å². The third-order valence-electron chi connectivity index (χ3n) is 10.2. The van der Waals surface area contributed by atoms with Crippen LogP contribution in [0.1, 0.15) is 58.3 Å². The van der Waals surface area contributed by atoms with E-state index in [9.17, 15) is 14.0 Å². The first-order chi connectivity index (χ1) is 21.5. The number of carbonyl (C=O) groups is 2. The van der Waals surface area contributed by atoms with Crippen LogP contribution in [-0.2, 0) is 0 Å². The van der Waals surface area contributed by atoms with E-state index < -0.39 is 5.82 Å². The summed E-state index contributed by atoms with van der Waals surface area (Å²) in [6, 6.07) is 8.68. The second-order valence-electron chi connectivity index (χ2n) is 11.9. The first kappa shape index (κ1) is 25.3. The number of benzene rings is 1. The lowest BCUT2D eigenvalue weighted by molar-refractivity contribution is -0.256. The molecule has 4 aliphatic rings. The van der Waals surface area contributed by atoms with Gasteiger partial charge in [0, 0.05) is 59.3 Å². The first-order valence-corrected chi connectivity index (χ1v) is 14.7. The summed E-state index contributed by atoms with van der Waals surface area (Å²) in [6.45, 7) is 0.523. The van der Waals surface area contributed by atoms with Crippen LogP contribution in [0.3, 0.4) is 0 Å². The molecule has 1 spiro atoms. The first-order valence-electron chi connectivity index (χ1n) is 14.7. The molecule has 220 valence electrons. The highest BCUT2D eigenvalue weighted by molar-refractivity contribution is 6.04. The fourth-order valence-electron chi connectivity index (χ4n) is 7.99. The number of amides is 1. The molecular weight excluding hydrogens is 565 g/mol. The quantitative estimate of drug-likeness (QED) is 0.311. The Morgan fingerprint density at radius 2 is 2.02 bits per heavy atom.